The molecule has 0 fully saturated rings. The monoisotopic (exact) mass is 330 g/mol. The quantitative estimate of drug-likeness (QED) is 0.882. The fraction of sp³-hybridized carbons (Fsp3) is 0.188. The molecule has 2 N–H and O–H groups in total. The van der Waals surface area contributed by atoms with Crippen molar-refractivity contribution >= 4 is 21.6 Å². The third-order valence-electron chi connectivity index (χ3n) is 3.03. The molecule has 0 atom stereocenters. The summed E-state index contributed by atoms with van der Waals surface area (Å²) in [5.74, 6) is 0. The Bertz CT molecular complexity index is 617. The Kier molecular flexibility index (Phi) is 5.16. The largest absolute Gasteiger partial charge is 0.392 e. The van der Waals surface area contributed by atoms with Crippen LogP contribution in [0.1, 0.15) is 16.7 Å². The van der Waals surface area contributed by atoms with Crippen molar-refractivity contribution in [2.75, 3.05) is 11.9 Å². The Morgan fingerprint density at radius 1 is 1.10 bits per heavy atom. The molecule has 20 heavy (non-hydrogen) atoms. The van der Waals surface area contributed by atoms with Crippen molar-refractivity contribution in [3.63, 3.8) is 0 Å². The average molecular weight is 331 g/mol. The van der Waals surface area contributed by atoms with E-state index in [1.165, 1.54) is 5.56 Å². The van der Waals surface area contributed by atoms with Crippen molar-refractivity contribution in [2.24, 2.45) is 0 Å². The van der Waals surface area contributed by atoms with Crippen LogP contribution in [-0.2, 0) is 13.0 Å². The number of halogens is 1. The highest BCUT2D eigenvalue weighted by atomic mass is 79.9. The fourth-order valence-electron chi connectivity index (χ4n) is 1.88. The zero-order valence-electron chi connectivity index (χ0n) is 10.9. The Labute approximate surface area is 127 Å². The molecule has 102 valence electrons. The van der Waals surface area contributed by atoms with Gasteiger partial charge in [0.2, 0.25) is 0 Å². The van der Waals surface area contributed by atoms with Gasteiger partial charge in [-0.2, -0.15) is 5.26 Å². The molecule has 0 saturated heterocycles. The van der Waals surface area contributed by atoms with E-state index in [4.69, 9.17) is 10.4 Å². The Morgan fingerprint density at radius 2 is 1.80 bits per heavy atom. The molecule has 0 saturated carbocycles. The Balaban J connectivity index is 1.91. The molecule has 0 unspecified atom stereocenters. The number of nitrogens with one attached hydrogen (secondary N) is 1. The molecule has 2 aromatic carbocycles. The summed E-state index contributed by atoms with van der Waals surface area (Å²) < 4.78 is 0.896. The van der Waals surface area contributed by atoms with E-state index < -0.39 is 0 Å². The van der Waals surface area contributed by atoms with Crippen LogP contribution in [0, 0.1) is 11.3 Å². The first-order valence-electron chi connectivity index (χ1n) is 6.35. The van der Waals surface area contributed by atoms with E-state index in [9.17, 15) is 0 Å². The van der Waals surface area contributed by atoms with Gasteiger partial charge in [0.15, 0.2) is 0 Å². The number of anilines is 1. The van der Waals surface area contributed by atoms with E-state index >= 15 is 0 Å². The van der Waals surface area contributed by atoms with Crippen molar-refractivity contribution in [1.29, 1.82) is 5.26 Å². The van der Waals surface area contributed by atoms with Crippen LogP contribution in [-0.4, -0.2) is 11.7 Å². The Hall–Kier alpha value is -1.83. The van der Waals surface area contributed by atoms with Gasteiger partial charge in [0.25, 0.3) is 0 Å². The minimum Gasteiger partial charge on any atom is -0.392 e. The van der Waals surface area contributed by atoms with Gasteiger partial charge in [-0.25, -0.2) is 0 Å². The van der Waals surface area contributed by atoms with Crippen molar-refractivity contribution in [2.45, 2.75) is 13.0 Å². The SMILES string of the molecule is N#Cc1ccc(NCCc2ccc(CO)cc2)c(Br)c1. The molecule has 0 bridgehead atoms. The molecule has 0 radical (unpaired) electrons. The van der Waals surface area contributed by atoms with Crippen LogP contribution < -0.4 is 5.32 Å². The molecule has 2 rings (SSSR count). The summed E-state index contributed by atoms with van der Waals surface area (Å²) in [6, 6.07) is 15.5. The number of aliphatic hydroxyl groups is 1. The lowest BCUT2D eigenvalue weighted by atomic mass is 10.1. The molecule has 3 nitrogen and oxygen atoms in total. The van der Waals surface area contributed by atoms with E-state index in [0.29, 0.717) is 5.56 Å². The van der Waals surface area contributed by atoms with E-state index in [-0.39, 0.29) is 6.61 Å². The number of benzene rings is 2. The van der Waals surface area contributed by atoms with E-state index in [0.717, 1.165) is 28.7 Å². The molecule has 0 aromatic heterocycles. The third kappa shape index (κ3) is 3.83. The zero-order valence-corrected chi connectivity index (χ0v) is 12.5. The van der Waals surface area contributed by atoms with E-state index in [1.54, 1.807) is 12.1 Å². The first kappa shape index (κ1) is 14.6. The lowest BCUT2D eigenvalue weighted by Crippen LogP contribution is -2.05. The van der Waals surface area contributed by atoms with E-state index in [1.807, 2.05) is 30.3 Å². The standard InChI is InChI=1S/C16H15BrN2O/c17-15-9-14(10-18)5-6-16(15)19-8-7-12-1-3-13(11-20)4-2-12/h1-6,9,19-20H,7-8,11H2. The second-order valence-corrected chi connectivity index (χ2v) is 5.31. The van der Waals surface area contributed by atoms with Crippen molar-refractivity contribution in [1.82, 2.24) is 0 Å². The molecule has 4 heteroatoms. The predicted molar refractivity (Wildman–Crippen MR) is 83.4 cm³/mol. The fourth-order valence-corrected chi connectivity index (χ4v) is 2.40. The molecule has 0 heterocycles. The first-order chi connectivity index (χ1) is 9.72. The predicted octanol–water partition coefficient (Wildman–Crippen LogP) is 3.47. The van der Waals surface area contributed by atoms with Gasteiger partial charge in [-0.15, -0.1) is 0 Å². The van der Waals surface area contributed by atoms with Crippen LogP contribution in [0.4, 0.5) is 5.69 Å². The van der Waals surface area contributed by atoms with Crippen molar-refractivity contribution < 1.29 is 5.11 Å². The highest BCUT2D eigenvalue weighted by Gasteiger charge is 2.01. The van der Waals surface area contributed by atoms with Crippen LogP contribution in [0.25, 0.3) is 0 Å². The molecular weight excluding hydrogens is 316 g/mol. The summed E-state index contributed by atoms with van der Waals surface area (Å²) in [6.45, 7) is 0.889. The van der Waals surface area contributed by atoms with Crippen LogP contribution in [0.15, 0.2) is 46.9 Å². The maximum Gasteiger partial charge on any atom is 0.0992 e. The number of rotatable bonds is 5. The van der Waals surface area contributed by atoms with Crippen LogP contribution in [0.2, 0.25) is 0 Å². The molecule has 0 spiro atoms. The number of nitrogens with zero attached hydrogens (tertiary/aromatic N) is 1. The van der Waals surface area contributed by atoms with Gasteiger partial charge in [-0.3, -0.25) is 0 Å². The lowest BCUT2D eigenvalue weighted by Gasteiger charge is -2.09. The van der Waals surface area contributed by atoms with Crippen LogP contribution >= 0.6 is 15.9 Å². The highest BCUT2D eigenvalue weighted by molar-refractivity contribution is 9.10. The van der Waals surface area contributed by atoms with Gasteiger partial charge < -0.3 is 10.4 Å². The molecule has 0 aliphatic rings. The van der Waals surface area contributed by atoms with Gasteiger partial charge in [0.05, 0.1) is 18.2 Å². The summed E-state index contributed by atoms with van der Waals surface area (Å²) in [5.41, 5.74) is 3.77. The summed E-state index contributed by atoms with van der Waals surface area (Å²) >= 11 is 3.45. The Morgan fingerprint density at radius 3 is 2.40 bits per heavy atom. The van der Waals surface area contributed by atoms with Gasteiger partial charge in [0.1, 0.15) is 0 Å². The topological polar surface area (TPSA) is 56.0 Å². The number of nitriles is 1. The minimum atomic E-state index is 0.0801. The second kappa shape index (κ2) is 7.09. The highest BCUT2D eigenvalue weighted by Crippen LogP contribution is 2.23. The van der Waals surface area contributed by atoms with Gasteiger partial charge in [-0.1, -0.05) is 24.3 Å². The maximum atomic E-state index is 8.99. The number of hydrogen-bond donors (Lipinski definition) is 2. The first-order valence-corrected chi connectivity index (χ1v) is 7.14. The molecule has 2 aromatic rings. The zero-order chi connectivity index (χ0) is 14.4. The minimum absolute atomic E-state index is 0.0801. The number of hydrogen-bond acceptors (Lipinski definition) is 3. The molecular formula is C16H15BrN2O. The van der Waals surface area contributed by atoms with Crippen molar-refractivity contribution in [3.05, 3.63) is 63.6 Å². The maximum absolute atomic E-state index is 8.99. The van der Waals surface area contributed by atoms with Gasteiger partial charge in [-0.05, 0) is 51.7 Å². The third-order valence-corrected chi connectivity index (χ3v) is 3.69. The molecule has 0 aliphatic heterocycles. The van der Waals surface area contributed by atoms with Crippen LogP contribution in [0.3, 0.4) is 0 Å². The van der Waals surface area contributed by atoms with Gasteiger partial charge >= 0.3 is 0 Å². The smallest absolute Gasteiger partial charge is 0.0992 e. The lowest BCUT2D eigenvalue weighted by molar-refractivity contribution is 0.282. The van der Waals surface area contributed by atoms with E-state index in [2.05, 4.69) is 27.3 Å². The molecule has 0 amide bonds. The normalized spacial score (nSPS) is 10.1. The average Bonchev–Trinajstić information content (AvgIpc) is 2.49. The number of aliphatic hydroxyl groups excluding tert-OH is 1. The van der Waals surface area contributed by atoms with Crippen molar-refractivity contribution in [3.8, 4) is 6.07 Å². The van der Waals surface area contributed by atoms with Crippen LogP contribution in [0.5, 0.6) is 0 Å². The summed E-state index contributed by atoms with van der Waals surface area (Å²) in [7, 11) is 0. The second-order valence-electron chi connectivity index (χ2n) is 4.46. The summed E-state index contributed by atoms with van der Waals surface area (Å²) in [5, 5.41) is 21.1. The summed E-state index contributed by atoms with van der Waals surface area (Å²) in [4.78, 5) is 0. The van der Waals surface area contributed by atoms with Gasteiger partial charge in [0, 0.05) is 16.7 Å². The molecule has 0 aliphatic carbocycles. The summed E-state index contributed by atoms with van der Waals surface area (Å²) in [6.07, 6.45) is 0.901.